The molecule has 0 saturated carbocycles. The van der Waals surface area contributed by atoms with Crippen LogP contribution < -0.4 is 4.74 Å². The highest BCUT2D eigenvalue weighted by Crippen LogP contribution is 2.21. The van der Waals surface area contributed by atoms with Crippen molar-refractivity contribution >= 4 is 0 Å². The smallest absolute Gasteiger partial charge is 0.137 e. The second kappa shape index (κ2) is 15.0. The molecule has 160 valence electrons. The summed E-state index contributed by atoms with van der Waals surface area (Å²) < 4.78 is 11.3. The molecule has 3 nitrogen and oxygen atoms in total. The zero-order valence-corrected chi connectivity index (χ0v) is 18.5. The molecular formula is C26H39NO2. The zero-order valence-electron chi connectivity index (χ0n) is 18.5. The summed E-state index contributed by atoms with van der Waals surface area (Å²) in [5.74, 6) is 0.836. The first kappa shape index (κ1) is 23.4. The molecule has 0 aliphatic carbocycles. The second-order valence-corrected chi connectivity index (χ2v) is 7.76. The zero-order chi connectivity index (χ0) is 20.6. The van der Waals surface area contributed by atoms with Gasteiger partial charge in [-0.1, -0.05) is 70.2 Å². The minimum Gasteiger partial charge on any atom is -0.492 e. The van der Waals surface area contributed by atoms with E-state index in [1.807, 2.05) is 18.3 Å². The number of nitrogens with zero attached hydrogens (tertiary/aromatic N) is 1. The lowest BCUT2D eigenvalue weighted by atomic mass is 10.0. The monoisotopic (exact) mass is 397 g/mol. The maximum Gasteiger partial charge on any atom is 0.137 e. The summed E-state index contributed by atoms with van der Waals surface area (Å²) >= 11 is 0. The lowest BCUT2D eigenvalue weighted by Gasteiger charge is -2.08. The normalized spacial score (nSPS) is 11.0. The van der Waals surface area contributed by atoms with Gasteiger partial charge in [0.15, 0.2) is 0 Å². The first-order valence-electron chi connectivity index (χ1n) is 11.6. The Kier molecular flexibility index (Phi) is 12.1. The molecule has 0 N–H and O–H groups in total. The van der Waals surface area contributed by atoms with E-state index in [0.717, 1.165) is 49.5 Å². The Labute approximate surface area is 177 Å². The van der Waals surface area contributed by atoms with Crippen molar-refractivity contribution in [3.63, 3.8) is 0 Å². The van der Waals surface area contributed by atoms with Crippen molar-refractivity contribution in [1.82, 2.24) is 4.98 Å². The van der Waals surface area contributed by atoms with E-state index in [9.17, 15) is 0 Å². The Bertz CT molecular complexity index is 637. The first-order chi connectivity index (χ1) is 14.3. The van der Waals surface area contributed by atoms with Crippen molar-refractivity contribution in [1.29, 1.82) is 0 Å². The molecule has 0 aliphatic heterocycles. The van der Waals surface area contributed by atoms with E-state index in [2.05, 4.69) is 43.1 Å². The van der Waals surface area contributed by atoms with E-state index >= 15 is 0 Å². The molecule has 0 amide bonds. The van der Waals surface area contributed by atoms with E-state index in [1.54, 1.807) is 0 Å². The molecule has 0 spiro atoms. The van der Waals surface area contributed by atoms with Crippen LogP contribution in [0.15, 0.2) is 42.6 Å². The molecule has 0 radical (unpaired) electrons. The van der Waals surface area contributed by atoms with Gasteiger partial charge in [0.1, 0.15) is 5.75 Å². The lowest BCUT2D eigenvalue weighted by molar-refractivity contribution is 0.127. The summed E-state index contributed by atoms with van der Waals surface area (Å²) in [6, 6.07) is 12.9. The number of ether oxygens (including phenoxy) is 2. The van der Waals surface area contributed by atoms with Crippen LogP contribution in [0.5, 0.6) is 5.75 Å². The third-order valence-electron chi connectivity index (χ3n) is 5.11. The van der Waals surface area contributed by atoms with E-state index in [4.69, 9.17) is 9.47 Å². The fraction of sp³-hybridized carbons (Fsp3) is 0.577. The Morgan fingerprint density at radius 2 is 1.45 bits per heavy atom. The number of hydrogen-bond acceptors (Lipinski definition) is 3. The minimum absolute atomic E-state index is 0.712. The quantitative estimate of drug-likeness (QED) is 0.280. The number of rotatable bonds is 16. The summed E-state index contributed by atoms with van der Waals surface area (Å²) in [5.41, 5.74) is 3.58. The Morgan fingerprint density at radius 3 is 2.17 bits per heavy atom. The van der Waals surface area contributed by atoms with E-state index in [-0.39, 0.29) is 0 Å². The average Bonchev–Trinajstić information content (AvgIpc) is 2.76. The molecule has 0 fully saturated rings. The Hall–Kier alpha value is -1.87. The van der Waals surface area contributed by atoms with E-state index < -0.39 is 0 Å². The number of benzene rings is 1. The van der Waals surface area contributed by atoms with Crippen LogP contribution in [-0.2, 0) is 11.2 Å². The average molecular weight is 398 g/mol. The SMILES string of the molecule is CCCCCCCCc1ccc(-c2ccc(OCCCCOCCC)cn2)cc1. The lowest BCUT2D eigenvalue weighted by Crippen LogP contribution is -2.01. The van der Waals surface area contributed by atoms with Crippen LogP contribution in [0.2, 0.25) is 0 Å². The van der Waals surface area contributed by atoms with Gasteiger partial charge in [0, 0.05) is 18.8 Å². The van der Waals surface area contributed by atoms with Gasteiger partial charge in [0.05, 0.1) is 18.5 Å². The second-order valence-electron chi connectivity index (χ2n) is 7.76. The standard InChI is InChI=1S/C26H39NO2/c1-3-5-6-7-8-9-12-23-13-15-24(16-14-23)26-18-17-25(22-27-26)29-21-11-10-20-28-19-4-2/h13-18,22H,3-12,19-21H2,1-2H3. The highest BCUT2D eigenvalue weighted by atomic mass is 16.5. The van der Waals surface area contributed by atoms with Crippen molar-refractivity contribution in [2.75, 3.05) is 19.8 Å². The highest BCUT2D eigenvalue weighted by molar-refractivity contribution is 5.59. The van der Waals surface area contributed by atoms with Gasteiger partial charge in [-0.15, -0.1) is 0 Å². The molecule has 0 bridgehead atoms. The van der Waals surface area contributed by atoms with E-state index in [1.165, 1.54) is 50.5 Å². The van der Waals surface area contributed by atoms with E-state index in [0.29, 0.717) is 6.61 Å². The largest absolute Gasteiger partial charge is 0.492 e. The fourth-order valence-electron chi connectivity index (χ4n) is 3.33. The molecule has 1 aromatic carbocycles. The molecule has 2 aromatic rings. The maximum atomic E-state index is 5.78. The first-order valence-corrected chi connectivity index (χ1v) is 11.6. The third kappa shape index (κ3) is 9.94. The van der Waals surface area contributed by atoms with Gasteiger partial charge in [-0.25, -0.2) is 0 Å². The topological polar surface area (TPSA) is 31.4 Å². The van der Waals surface area contributed by atoms with Gasteiger partial charge in [-0.3, -0.25) is 4.98 Å². The van der Waals surface area contributed by atoms with Gasteiger partial charge < -0.3 is 9.47 Å². The molecule has 1 heterocycles. The predicted octanol–water partition coefficient (Wildman–Crippen LogP) is 7.24. The van der Waals surface area contributed by atoms with Crippen molar-refractivity contribution in [2.24, 2.45) is 0 Å². The van der Waals surface area contributed by atoms with Crippen LogP contribution in [0.1, 0.15) is 77.2 Å². The summed E-state index contributed by atoms with van der Waals surface area (Å²) in [5, 5.41) is 0. The number of aromatic nitrogens is 1. The molecule has 29 heavy (non-hydrogen) atoms. The van der Waals surface area contributed by atoms with Crippen LogP contribution in [0.4, 0.5) is 0 Å². The van der Waals surface area contributed by atoms with Crippen LogP contribution in [0, 0.1) is 0 Å². The number of pyridine rings is 1. The molecule has 1 aromatic heterocycles. The fourth-order valence-corrected chi connectivity index (χ4v) is 3.33. The van der Waals surface area contributed by atoms with Gasteiger partial charge in [0.2, 0.25) is 0 Å². The van der Waals surface area contributed by atoms with Crippen LogP contribution in [-0.4, -0.2) is 24.8 Å². The Morgan fingerprint density at radius 1 is 0.690 bits per heavy atom. The summed E-state index contributed by atoms with van der Waals surface area (Å²) in [6.07, 6.45) is 14.2. The van der Waals surface area contributed by atoms with Crippen LogP contribution in [0.3, 0.4) is 0 Å². The minimum atomic E-state index is 0.712. The van der Waals surface area contributed by atoms with Crippen molar-refractivity contribution < 1.29 is 9.47 Å². The van der Waals surface area contributed by atoms with Gasteiger partial charge in [-0.2, -0.15) is 0 Å². The third-order valence-corrected chi connectivity index (χ3v) is 5.11. The summed E-state index contributed by atoms with van der Waals surface area (Å²) in [6.45, 7) is 6.78. The summed E-state index contributed by atoms with van der Waals surface area (Å²) in [7, 11) is 0. The summed E-state index contributed by atoms with van der Waals surface area (Å²) in [4.78, 5) is 4.57. The van der Waals surface area contributed by atoms with Crippen molar-refractivity contribution in [3.8, 4) is 17.0 Å². The molecule has 3 heteroatoms. The number of aryl methyl sites for hydroxylation is 1. The molecule has 2 rings (SSSR count). The molecule has 0 atom stereocenters. The van der Waals surface area contributed by atoms with Gasteiger partial charge in [-0.05, 0) is 49.8 Å². The van der Waals surface area contributed by atoms with Gasteiger partial charge in [0.25, 0.3) is 0 Å². The number of unbranched alkanes of at least 4 members (excludes halogenated alkanes) is 6. The van der Waals surface area contributed by atoms with Crippen molar-refractivity contribution in [2.45, 2.75) is 78.1 Å². The molecule has 0 unspecified atom stereocenters. The Balaban J connectivity index is 1.68. The highest BCUT2D eigenvalue weighted by Gasteiger charge is 2.02. The maximum absolute atomic E-state index is 5.78. The molecule has 0 aliphatic rings. The van der Waals surface area contributed by atoms with Gasteiger partial charge >= 0.3 is 0 Å². The molecule has 0 saturated heterocycles. The number of hydrogen-bond donors (Lipinski definition) is 0. The van der Waals surface area contributed by atoms with Crippen LogP contribution >= 0.6 is 0 Å². The van der Waals surface area contributed by atoms with Crippen LogP contribution in [0.25, 0.3) is 11.3 Å². The van der Waals surface area contributed by atoms with Crippen molar-refractivity contribution in [3.05, 3.63) is 48.2 Å². The predicted molar refractivity (Wildman–Crippen MR) is 123 cm³/mol. The molecular weight excluding hydrogens is 358 g/mol.